The van der Waals surface area contributed by atoms with Gasteiger partial charge in [0.2, 0.25) is 0 Å². The third-order valence-electron chi connectivity index (χ3n) is 1.83. The van der Waals surface area contributed by atoms with Crippen molar-refractivity contribution in [1.29, 1.82) is 0 Å². The molecule has 0 amide bonds. The molecule has 1 aliphatic heterocycles. The van der Waals surface area contributed by atoms with Crippen LogP contribution in [-0.4, -0.2) is 7.62 Å². The fourth-order valence-electron chi connectivity index (χ4n) is 1.20. The number of hydrogen-bond acceptors (Lipinski definition) is 2. The van der Waals surface area contributed by atoms with Crippen LogP contribution in [0.25, 0.3) is 5.76 Å². The predicted molar refractivity (Wildman–Crippen MR) is 49.0 cm³/mol. The summed E-state index contributed by atoms with van der Waals surface area (Å²) in [5.41, 5.74) is 2.16. The van der Waals surface area contributed by atoms with E-state index in [2.05, 4.69) is 5.23 Å². The van der Waals surface area contributed by atoms with Crippen molar-refractivity contribution in [3.8, 4) is 0 Å². The molecular weight excluding hydrogens is 149 g/mol. The van der Waals surface area contributed by atoms with Gasteiger partial charge < -0.3 is 9.88 Å². The Morgan fingerprint density at radius 1 is 1.25 bits per heavy atom. The lowest BCUT2D eigenvalue weighted by atomic mass is 10.2. The maximum atomic E-state index is 5.29. The maximum Gasteiger partial charge on any atom is 0.518 e. The topological polar surface area (TPSA) is 21.3 Å². The minimum Gasteiger partial charge on any atom is -0.541 e. The Bertz CT molecular complexity index is 308. The molecule has 2 nitrogen and oxygen atoms in total. The van der Waals surface area contributed by atoms with Crippen LogP contribution >= 0.6 is 0 Å². The van der Waals surface area contributed by atoms with Gasteiger partial charge in [-0.2, -0.15) is 0 Å². The van der Waals surface area contributed by atoms with Crippen molar-refractivity contribution in [3.63, 3.8) is 0 Å². The fourth-order valence-corrected chi connectivity index (χ4v) is 1.20. The third-order valence-corrected chi connectivity index (χ3v) is 1.83. The summed E-state index contributed by atoms with van der Waals surface area (Å²) in [6.45, 7) is 1.99. The van der Waals surface area contributed by atoms with Gasteiger partial charge in [0.25, 0.3) is 0 Å². The number of benzene rings is 1. The van der Waals surface area contributed by atoms with Crippen molar-refractivity contribution >= 4 is 13.4 Å². The van der Waals surface area contributed by atoms with Crippen LogP contribution in [0.3, 0.4) is 0 Å². The standard InChI is InChI=1S/C9H9BNO/c1-7-9(12-10-11-7)8-5-3-2-4-6-8/h2-6,11H,1H3. The van der Waals surface area contributed by atoms with E-state index in [1.54, 1.807) is 7.62 Å². The summed E-state index contributed by atoms with van der Waals surface area (Å²) in [6, 6.07) is 10.0. The van der Waals surface area contributed by atoms with Crippen LogP contribution in [0.2, 0.25) is 0 Å². The molecule has 0 bridgehead atoms. The average molecular weight is 158 g/mol. The summed E-state index contributed by atoms with van der Waals surface area (Å²) < 4.78 is 5.29. The molecule has 59 valence electrons. The lowest BCUT2D eigenvalue weighted by molar-refractivity contribution is 0.563. The molecule has 1 N–H and O–H groups in total. The molecule has 2 rings (SSSR count). The van der Waals surface area contributed by atoms with Gasteiger partial charge in [0.1, 0.15) is 5.76 Å². The van der Waals surface area contributed by atoms with Gasteiger partial charge in [0.05, 0.1) is 0 Å². The van der Waals surface area contributed by atoms with Crippen molar-refractivity contribution in [1.82, 2.24) is 5.23 Å². The van der Waals surface area contributed by atoms with Gasteiger partial charge in [-0.3, -0.25) is 0 Å². The Morgan fingerprint density at radius 2 is 2.00 bits per heavy atom. The number of allylic oxidation sites excluding steroid dienone is 1. The van der Waals surface area contributed by atoms with Crippen molar-refractivity contribution < 1.29 is 4.65 Å². The normalized spacial score (nSPS) is 15.1. The quantitative estimate of drug-likeness (QED) is 0.625. The zero-order valence-electron chi connectivity index (χ0n) is 6.87. The van der Waals surface area contributed by atoms with Crippen LogP contribution in [0.15, 0.2) is 36.0 Å². The summed E-state index contributed by atoms with van der Waals surface area (Å²) in [7, 11) is 1.59. The molecule has 1 aromatic carbocycles. The minimum absolute atomic E-state index is 0.913. The van der Waals surface area contributed by atoms with Gasteiger partial charge in [-0.1, -0.05) is 30.3 Å². The van der Waals surface area contributed by atoms with Crippen molar-refractivity contribution in [2.45, 2.75) is 6.92 Å². The second-order valence-corrected chi connectivity index (χ2v) is 2.70. The Morgan fingerprint density at radius 3 is 2.58 bits per heavy atom. The van der Waals surface area contributed by atoms with Crippen LogP contribution in [0.1, 0.15) is 12.5 Å². The first kappa shape index (κ1) is 7.28. The molecule has 0 saturated heterocycles. The van der Waals surface area contributed by atoms with Crippen molar-refractivity contribution in [3.05, 3.63) is 41.6 Å². The molecular formula is C9H9BNO. The molecule has 0 atom stereocenters. The first-order valence-electron chi connectivity index (χ1n) is 3.89. The lowest BCUT2D eigenvalue weighted by Gasteiger charge is -2.02. The van der Waals surface area contributed by atoms with Crippen molar-refractivity contribution in [2.75, 3.05) is 0 Å². The smallest absolute Gasteiger partial charge is 0.518 e. The molecule has 0 unspecified atom stereocenters. The fraction of sp³-hybridized carbons (Fsp3) is 0.111. The van der Waals surface area contributed by atoms with E-state index in [1.165, 1.54) is 0 Å². The molecule has 0 saturated carbocycles. The summed E-state index contributed by atoms with van der Waals surface area (Å²) in [5, 5.41) is 3.00. The molecule has 0 fully saturated rings. The van der Waals surface area contributed by atoms with Gasteiger partial charge >= 0.3 is 7.62 Å². The van der Waals surface area contributed by atoms with Gasteiger partial charge in [-0.25, -0.2) is 0 Å². The Balaban J connectivity index is 2.37. The lowest BCUT2D eigenvalue weighted by Crippen LogP contribution is -2.09. The van der Waals surface area contributed by atoms with Gasteiger partial charge in [0.15, 0.2) is 0 Å². The maximum absolute atomic E-state index is 5.29. The highest BCUT2D eigenvalue weighted by atomic mass is 16.4. The minimum atomic E-state index is 0.913. The van der Waals surface area contributed by atoms with Crippen LogP contribution in [0, 0.1) is 0 Å². The van der Waals surface area contributed by atoms with Gasteiger partial charge in [-0.15, -0.1) is 0 Å². The highest BCUT2D eigenvalue weighted by Gasteiger charge is 2.14. The largest absolute Gasteiger partial charge is 0.541 e. The first-order valence-corrected chi connectivity index (χ1v) is 3.89. The predicted octanol–water partition coefficient (Wildman–Crippen LogP) is 1.53. The zero-order valence-corrected chi connectivity index (χ0v) is 6.87. The summed E-state index contributed by atoms with van der Waals surface area (Å²) >= 11 is 0. The molecule has 0 aromatic heterocycles. The van der Waals surface area contributed by atoms with E-state index in [4.69, 9.17) is 4.65 Å². The molecule has 1 aromatic rings. The molecule has 3 heteroatoms. The van der Waals surface area contributed by atoms with E-state index in [1.807, 2.05) is 37.3 Å². The van der Waals surface area contributed by atoms with Crippen LogP contribution in [-0.2, 0) is 4.65 Å². The molecule has 1 heterocycles. The van der Waals surface area contributed by atoms with E-state index >= 15 is 0 Å². The van der Waals surface area contributed by atoms with E-state index < -0.39 is 0 Å². The van der Waals surface area contributed by atoms with E-state index in [0.29, 0.717) is 0 Å². The monoisotopic (exact) mass is 158 g/mol. The van der Waals surface area contributed by atoms with Crippen molar-refractivity contribution in [2.24, 2.45) is 0 Å². The Kier molecular flexibility index (Phi) is 1.78. The zero-order chi connectivity index (χ0) is 8.39. The van der Waals surface area contributed by atoms with E-state index in [0.717, 1.165) is 17.0 Å². The molecule has 1 radical (unpaired) electrons. The Labute approximate surface area is 72.5 Å². The summed E-state index contributed by atoms with van der Waals surface area (Å²) in [4.78, 5) is 0. The summed E-state index contributed by atoms with van der Waals surface area (Å²) in [5.74, 6) is 0.913. The number of hydrogen-bond donors (Lipinski definition) is 1. The van der Waals surface area contributed by atoms with Gasteiger partial charge in [0, 0.05) is 11.3 Å². The van der Waals surface area contributed by atoms with E-state index in [-0.39, 0.29) is 0 Å². The van der Waals surface area contributed by atoms with Gasteiger partial charge in [-0.05, 0) is 6.92 Å². The number of nitrogens with one attached hydrogen (secondary N) is 1. The molecule has 0 aliphatic carbocycles. The van der Waals surface area contributed by atoms with E-state index in [9.17, 15) is 0 Å². The third kappa shape index (κ3) is 1.18. The van der Waals surface area contributed by atoms with Crippen LogP contribution in [0.5, 0.6) is 0 Å². The first-order chi connectivity index (χ1) is 5.88. The highest BCUT2D eigenvalue weighted by molar-refractivity contribution is 6.28. The Hall–Kier alpha value is -1.38. The van der Waals surface area contributed by atoms with Crippen LogP contribution in [0.4, 0.5) is 0 Å². The molecule has 1 aliphatic rings. The average Bonchev–Trinajstić information content (AvgIpc) is 2.53. The number of rotatable bonds is 1. The second-order valence-electron chi connectivity index (χ2n) is 2.70. The van der Waals surface area contributed by atoms with Crippen LogP contribution < -0.4 is 5.23 Å². The molecule has 0 spiro atoms. The SMILES string of the molecule is CC1=C(c2ccccc2)O[B]N1. The highest BCUT2D eigenvalue weighted by Crippen LogP contribution is 2.20. The molecule has 12 heavy (non-hydrogen) atoms. The second kappa shape index (κ2) is 2.93. The summed E-state index contributed by atoms with van der Waals surface area (Å²) in [6.07, 6.45) is 0.